The van der Waals surface area contributed by atoms with E-state index in [9.17, 15) is 4.79 Å². The van der Waals surface area contributed by atoms with E-state index in [1.54, 1.807) is 21.3 Å². The molecule has 0 aliphatic rings. The predicted octanol–water partition coefficient (Wildman–Crippen LogP) is 0.0129. The molecule has 0 aromatic carbocycles. The maximum atomic E-state index is 10.00. The van der Waals surface area contributed by atoms with E-state index in [4.69, 9.17) is 19.0 Å². The van der Waals surface area contributed by atoms with Crippen LogP contribution in [0.2, 0.25) is 12.1 Å². The minimum atomic E-state index is -2.29. The zero-order valence-electron chi connectivity index (χ0n) is 12.4. The summed E-state index contributed by atoms with van der Waals surface area (Å²) in [5, 5.41) is 2.51. The van der Waals surface area contributed by atoms with Crippen molar-refractivity contribution in [3.05, 3.63) is 0 Å². The molecule has 0 aliphatic carbocycles. The van der Waals surface area contributed by atoms with Gasteiger partial charge in [0.2, 0.25) is 0 Å². The molecule has 0 heterocycles. The minimum absolute atomic E-state index is 0.417. The summed E-state index contributed by atoms with van der Waals surface area (Å²) >= 11 is 4.10. The first kappa shape index (κ1) is 21.2. The Bertz CT molecular complexity index is 213. The standard InChI is InChI=1S/C6H16O3SSi.C4H12N2OSi/c1-7-11(8-2,9-3)6-4-5-10;5-4(7)6-2-1-3-8/h10H,4-6H2,1-3H3;1-3H2,8H3,(H3,5,6,7). The Morgan fingerprint density at radius 2 is 1.79 bits per heavy atom. The average molecular weight is 329 g/mol. The van der Waals surface area contributed by atoms with Crippen molar-refractivity contribution in [2.45, 2.75) is 24.9 Å². The van der Waals surface area contributed by atoms with Gasteiger partial charge in [-0.15, -0.1) is 0 Å². The van der Waals surface area contributed by atoms with Crippen molar-refractivity contribution < 1.29 is 18.1 Å². The van der Waals surface area contributed by atoms with Crippen molar-refractivity contribution in [3.63, 3.8) is 0 Å². The summed E-state index contributed by atoms with van der Waals surface area (Å²) in [6, 6.07) is 1.64. The van der Waals surface area contributed by atoms with Crippen molar-refractivity contribution in [2.75, 3.05) is 33.6 Å². The van der Waals surface area contributed by atoms with Crippen LogP contribution in [0.3, 0.4) is 0 Å². The fourth-order valence-corrected chi connectivity index (χ4v) is 3.77. The molecule has 0 unspecified atom stereocenters. The Morgan fingerprint density at radius 1 is 1.26 bits per heavy atom. The van der Waals surface area contributed by atoms with Crippen LogP contribution in [-0.4, -0.2) is 58.7 Å². The maximum absolute atomic E-state index is 10.00. The second-order valence-corrected chi connectivity index (χ2v) is 8.31. The first-order valence-corrected chi connectivity index (χ1v) is 10.3. The molecule has 0 saturated heterocycles. The summed E-state index contributed by atoms with van der Waals surface area (Å²) in [6.07, 6.45) is 2.03. The number of carbonyl (C=O) groups excluding carboxylic acids is 1. The van der Waals surface area contributed by atoms with Crippen LogP contribution in [0, 0.1) is 0 Å². The molecule has 0 aliphatic heterocycles. The van der Waals surface area contributed by atoms with Crippen LogP contribution in [0.1, 0.15) is 12.8 Å². The van der Waals surface area contributed by atoms with Crippen LogP contribution in [0.5, 0.6) is 0 Å². The Labute approximate surface area is 125 Å². The van der Waals surface area contributed by atoms with Gasteiger partial charge in [0.05, 0.1) is 0 Å². The van der Waals surface area contributed by atoms with E-state index < -0.39 is 14.8 Å². The van der Waals surface area contributed by atoms with Gasteiger partial charge in [0.15, 0.2) is 0 Å². The molecule has 6 nitrogen and oxygen atoms in total. The zero-order valence-corrected chi connectivity index (χ0v) is 16.3. The number of amides is 2. The van der Waals surface area contributed by atoms with Gasteiger partial charge in [-0.25, -0.2) is 4.79 Å². The van der Waals surface area contributed by atoms with Gasteiger partial charge in [-0.2, -0.15) is 12.6 Å². The molecule has 0 aromatic rings. The summed E-state index contributed by atoms with van der Waals surface area (Å²) in [7, 11) is 3.79. The molecule has 9 heteroatoms. The first-order chi connectivity index (χ1) is 9.01. The van der Waals surface area contributed by atoms with E-state index in [2.05, 4.69) is 17.9 Å². The number of rotatable bonds is 9. The van der Waals surface area contributed by atoms with Crippen LogP contribution in [0.15, 0.2) is 0 Å². The van der Waals surface area contributed by atoms with E-state index in [1.807, 2.05) is 0 Å². The number of hydrogen-bond acceptors (Lipinski definition) is 5. The van der Waals surface area contributed by atoms with Gasteiger partial charge >= 0.3 is 14.8 Å². The Balaban J connectivity index is 0. The quantitative estimate of drug-likeness (QED) is 0.316. The molecule has 0 aromatic heterocycles. The number of carbonyl (C=O) groups is 1. The number of nitrogens with one attached hydrogen (secondary N) is 1. The number of primary amides is 1. The molecule has 2 amide bonds. The second-order valence-electron chi connectivity index (χ2n) is 3.77. The molecule has 19 heavy (non-hydrogen) atoms. The molecule has 0 rings (SSSR count). The minimum Gasteiger partial charge on any atom is -0.377 e. The highest BCUT2D eigenvalue weighted by Gasteiger charge is 2.36. The Hall–Kier alpha value is -0.0662. The van der Waals surface area contributed by atoms with Crippen LogP contribution in [0.4, 0.5) is 4.79 Å². The van der Waals surface area contributed by atoms with E-state index in [1.165, 1.54) is 16.3 Å². The van der Waals surface area contributed by atoms with Gasteiger partial charge < -0.3 is 24.3 Å². The lowest BCUT2D eigenvalue weighted by molar-refractivity contribution is 0.123. The highest BCUT2D eigenvalue weighted by molar-refractivity contribution is 7.80. The number of hydrogen-bond donors (Lipinski definition) is 3. The smallest absolute Gasteiger partial charge is 0.377 e. The molecule has 0 saturated carbocycles. The Morgan fingerprint density at radius 3 is 2.11 bits per heavy atom. The third-order valence-corrected chi connectivity index (χ3v) is 6.26. The Kier molecular flexibility index (Phi) is 16.0. The van der Waals surface area contributed by atoms with Gasteiger partial charge in [0.1, 0.15) is 0 Å². The number of thiol groups is 1. The van der Waals surface area contributed by atoms with Gasteiger partial charge in [-0.05, 0) is 18.6 Å². The largest absolute Gasteiger partial charge is 0.500 e. The second kappa shape index (κ2) is 14.3. The lowest BCUT2D eigenvalue weighted by Gasteiger charge is -2.23. The topological polar surface area (TPSA) is 82.8 Å². The summed E-state index contributed by atoms with van der Waals surface area (Å²) in [4.78, 5) is 10.00. The third-order valence-electron chi connectivity index (χ3n) is 2.40. The summed E-state index contributed by atoms with van der Waals surface area (Å²) < 4.78 is 15.6. The van der Waals surface area contributed by atoms with Gasteiger partial charge in [0.25, 0.3) is 0 Å². The number of urea groups is 1. The van der Waals surface area contributed by atoms with Crippen molar-refractivity contribution in [1.82, 2.24) is 5.32 Å². The van der Waals surface area contributed by atoms with E-state index in [0.29, 0.717) is 0 Å². The number of nitrogens with two attached hydrogens (primary N) is 1. The van der Waals surface area contributed by atoms with Gasteiger partial charge in [-0.3, -0.25) is 0 Å². The molecule has 0 atom stereocenters. The molecule has 3 N–H and O–H groups in total. The van der Waals surface area contributed by atoms with E-state index >= 15 is 0 Å². The molecule has 116 valence electrons. The summed E-state index contributed by atoms with van der Waals surface area (Å²) in [6.45, 7) is 0.735. The fraction of sp³-hybridized carbons (Fsp3) is 0.900. The van der Waals surface area contributed by atoms with E-state index in [-0.39, 0.29) is 0 Å². The zero-order chi connectivity index (χ0) is 15.1. The average Bonchev–Trinajstić information content (AvgIpc) is 2.42. The van der Waals surface area contributed by atoms with Crippen molar-refractivity contribution in [1.29, 1.82) is 0 Å². The third kappa shape index (κ3) is 12.7. The lowest BCUT2D eigenvalue weighted by Crippen LogP contribution is -2.42. The maximum Gasteiger partial charge on any atom is 0.500 e. The molecule has 0 spiro atoms. The van der Waals surface area contributed by atoms with Crippen LogP contribution < -0.4 is 11.1 Å². The van der Waals surface area contributed by atoms with Crippen LogP contribution in [0.25, 0.3) is 0 Å². The highest BCUT2D eigenvalue weighted by atomic mass is 32.1. The molecule has 0 bridgehead atoms. The van der Waals surface area contributed by atoms with Crippen molar-refractivity contribution in [3.8, 4) is 0 Å². The summed E-state index contributed by atoms with van der Waals surface area (Å²) in [5.41, 5.74) is 4.79. The van der Waals surface area contributed by atoms with Crippen LogP contribution in [-0.2, 0) is 13.3 Å². The van der Waals surface area contributed by atoms with Crippen LogP contribution >= 0.6 is 12.6 Å². The van der Waals surface area contributed by atoms with Gasteiger partial charge in [-0.1, -0.05) is 6.04 Å². The highest BCUT2D eigenvalue weighted by Crippen LogP contribution is 2.14. The van der Waals surface area contributed by atoms with Crippen molar-refractivity contribution in [2.24, 2.45) is 5.73 Å². The molecular weight excluding hydrogens is 300 g/mol. The molecule has 0 fully saturated rings. The van der Waals surface area contributed by atoms with Gasteiger partial charge in [0, 0.05) is 44.2 Å². The molecule has 0 radical (unpaired) electrons. The SMILES string of the molecule is CO[Si](CCCS)(OC)OC.NC(=O)NCCC[SiH3]. The molecular formula is C10H28N2O4SSi2. The summed E-state index contributed by atoms with van der Waals surface area (Å²) in [5.74, 6) is 0.838. The normalized spacial score (nSPS) is 10.7. The lowest BCUT2D eigenvalue weighted by atomic mass is 10.5. The monoisotopic (exact) mass is 328 g/mol. The fourth-order valence-electron chi connectivity index (χ4n) is 1.24. The van der Waals surface area contributed by atoms with E-state index in [0.717, 1.165) is 31.2 Å². The first-order valence-electron chi connectivity index (χ1n) is 6.31. The predicted molar refractivity (Wildman–Crippen MR) is 87.0 cm³/mol. The van der Waals surface area contributed by atoms with Crippen molar-refractivity contribution >= 4 is 37.7 Å².